The normalized spacial score (nSPS) is 14.6. The van der Waals surface area contributed by atoms with Crippen molar-refractivity contribution in [1.82, 2.24) is 4.90 Å². The van der Waals surface area contributed by atoms with Gasteiger partial charge in [-0.25, -0.2) is 0 Å². The predicted molar refractivity (Wildman–Crippen MR) is 115 cm³/mol. The van der Waals surface area contributed by atoms with Gasteiger partial charge in [-0.15, -0.1) is 0 Å². The second-order valence-corrected chi connectivity index (χ2v) is 7.56. The average Bonchev–Trinajstić information content (AvgIpc) is 2.72. The summed E-state index contributed by atoms with van der Waals surface area (Å²) in [4.78, 5) is 16.8. The Balaban J connectivity index is 1.73. The number of nitrogens with zero attached hydrogens (tertiary/aromatic N) is 3. The number of para-hydroxylation sites is 1. The highest BCUT2D eigenvalue weighted by molar-refractivity contribution is 9.10. The summed E-state index contributed by atoms with van der Waals surface area (Å²) in [5.74, 6) is 0.249. The summed E-state index contributed by atoms with van der Waals surface area (Å²) in [5, 5.41) is 9.92. The highest BCUT2D eigenvalue weighted by Gasteiger charge is 2.24. The molecule has 0 bridgehead atoms. The molecule has 0 spiro atoms. The third-order valence-corrected chi connectivity index (χ3v) is 5.44. The van der Waals surface area contributed by atoms with Gasteiger partial charge in [0.1, 0.15) is 11.6 Å². The largest absolute Gasteiger partial charge is 0.494 e. The van der Waals surface area contributed by atoms with Crippen LogP contribution in [-0.4, -0.2) is 44.1 Å². The lowest BCUT2D eigenvalue weighted by molar-refractivity contribution is -0.126. The lowest BCUT2D eigenvalue weighted by Crippen LogP contribution is -2.49. The number of hydrogen-bond acceptors (Lipinski definition) is 4. The lowest BCUT2D eigenvalue weighted by atomic mass is 10.1. The zero-order chi connectivity index (χ0) is 20.1. The van der Waals surface area contributed by atoms with Gasteiger partial charge in [-0.3, -0.25) is 4.79 Å². The average molecular weight is 461 g/mol. The first-order valence-corrected chi connectivity index (χ1v) is 9.94. The van der Waals surface area contributed by atoms with Crippen molar-refractivity contribution < 1.29 is 9.53 Å². The molecule has 28 heavy (non-hydrogen) atoms. The number of methoxy groups -OCH3 is 1. The Hall–Kier alpha value is -2.49. The van der Waals surface area contributed by atoms with Gasteiger partial charge >= 0.3 is 0 Å². The van der Waals surface area contributed by atoms with Gasteiger partial charge in [-0.05, 0) is 51.8 Å². The number of nitriles is 1. The number of hydrogen-bond donors (Lipinski definition) is 0. The van der Waals surface area contributed by atoms with Gasteiger partial charge in [0.15, 0.2) is 5.75 Å². The van der Waals surface area contributed by atoms with Crippen LogP contribution in [-0.2, 0) is 4.79 Å². The minimum Gasteiger partial charge on any atom is -0.494 e. The predicted octanol–water partition coefficient (Wildman–Crippen LogP) is 4.37. The zero-order valence-corrected chi connectivity index (χ0v) is 17.7. The Kier molecular flexibility index (Phi) is 6.61. The molecule has 1 fully saturated rings. The molecule has 2 aromatic carbocycles. The van der Waals surface area contributed by atoms with Crippen molar-refractivity contribution in [3.63, 3.8) is 0 Å². The van der Waals surface area contributed by atoms with E-state index in [4.69, 9.17) is 16.3 Å². The van der Waals surface area contributed by atoms with E-state index in [2.05, 4.69) is 33.0 Å². The summed E-state index contributed by atoms with van der Waals surface area (Å²) in [7, 11) is 1.53. The summed E-state index contributed by atoms with van der Waals surface area (Å²) in [6.07, 6.45) is 1.56. The van der Waals surface area contributed by atoms with Crippen LogP contribution in [0.25, 0.3) is 6.08 Å². The molecule has 144 valence electrons. The number of ether oxygens (including phenoxy) is 1. The van der Waals surface area contributed by atoms with Crippen LogP contribution in [0.15, 0.2) is 52.5 Å². The molecule has 0 radical (unpaired) electrons. The van der Waals surface area contributed by atoms with Crippen molar-refractivity contribution >= 4 is 45.2 Å². The molecule has 7 heteroatoms. The molecule has 0 aromatic heterocycles. The molecule has 0 saturated carbocycles. The lowest BCUT2D eigenvalue weighted by Gasteiger charge is -2.36. The number of rotatable bonds is 4. The van der Waals surface area contributed by atoms with Gasteiger partial charge in [0.05, 0.1) is 16.6 Å². The zero-order valence-electron chi connectivity index (χ0n) is 15.4. The maximum absolute atomic E-state index is 12.8. The Bertz CT molecular complexity index is 909. The second kappa shape index (κ2) is 9.13. The Morgan fingerprint density at radius 3 is 2.46 bits per heavy atom. The Morgan fingerprint density at radius 2 is 1.89 bits per heavy atom. The summed E-state index contributed by atoms with van der Waals surface area (Å²) in [5.41, 5.74) is 1.88. The summed E-state index contributed by atoms with van der Waals surface area (Å²) in [6.45, 7) is 2.60. The van der Waals surface area contributed by atoms with E-state index in [9.17, 15) is 10.1 Å². The number of piperazine rings is 1. The highest BCUT2D eigenvalue weighted by Crippen LogP contribution is 2.34. The fourth-order valence-electron chi connectivity index (χ4n) is 3.14. The minimum absolute atomic E-state index is 0.0845. The van der Waals surface area contributed by atoms with E-state index in [0.29, 0.717) is 33.9 Å². The fourth-order valence-corrected chi connectivity index (χ4v) is 4.20. The maximum Gasteiger partial charge on any atom is 0.264 e. The molecule has 3 rings (SSSR count). The molecule has 1 amide bonds. The van der Waals surface area contributed by atoms with Crippen molar-refractivity contribution in [1.29, 1.82) is 5.26 Å². The molecule has 0 N–H and O–H groups in total. The number of carbonyl (C=O) groups excluding carboxylic acids is 1. The van der Waals surface area contributed by atoms with Crippen LogP contribution in [0.1, 0.15) is 5.56 Å². The van der Waals surface area contributed by atoms with Gasteiger partial charge in [-0.2, -0.15) is 5.26 Å². The standard InChI is InChI=1S/C21H19BrClN3O2/c1-28-20-18(22)12-15(13-19(20)23)11-16(14-24)21(27)26-9-7-25(8-10-26)17-5-3-2-4-6-17/h2-6,11-13H,7-10H2,1H3/b16-11-. The van der Waals surface area contributed by atoms with E-state index in [1.54, 1.807) is 23.1 Å². The van der Waals surface area contributed by atoms with E-state index in [1.807, 2.05) is 24.3 Å². The second-order valence-electron chi connectivity index (χ2n) is 6.30. The third-order valence-electron chi connectivity index (χ3n) is 4.57. The van der Waals surface area contributed by atoms with E-state index in [-0.39, 0.29) is 11.5 Å². The molecular formula is C21H19BrClN3O2. The van der Waals surface area contributed by atoms with Crippen LogP contribution in [0.3, 0.4) is 0 Å². The van der Waals surface area contributed by atoms with Gasteiger partial charge in [0.2, 0.25) is 0 Å². The van der Waals surface area contributed by atoms with E-state index < -0.39 is 0 Å². The first kappa shape index (κ1) is 20.2. The number of benzene rings is 2. The molecule has 1 aliphatic heterocycles. The van der Waals surface area contributed by atoms with Crippen LogP contribution in [0.4, 0.5) is 5.69 Å². The number of carbonyl (C=O) groups is 1. The van der Waals surface area contributed by atoms with Crippen molar-refractivity contribution in [2.75, 3.05) is 38.2 Å². The molecule has 0 unspecified atom stereocenters. The van der Waals surface area contributed by atoms with Gasteiger partial charge < -0.3 is 14.5 Å². The molecule has 1 saturated heterocycles. The number of halogens is 2. The van der Waals surface area contributed by atoms with Crippen molar-refractivity contribution in [3.8, 4) is 11.8 Å². The fraction of sp³-hybridized carbons (Fsp3) is 0.238. The summed E-state index contributed by atoms with van der Waals surface area (Å²) < 4.78 is 5.87. The minimum atomic E-state index is -0.265. The molecule has 5 nitrogen and oxygen atoms in total. The molecule has 2 aromatic rings. The quantitative estimate of drug-likeness (QED) is 0.502. The molecule has 0 aliphatic carbocycles. The summed E-state index contributed by atoms with van der Waals surface area (Å²) in [6, 6.07) is 15.6. The van der Waals surface area contributed by atoms with E-state index in [1.165, 1.54) is 7.11 Å². The van der Waals surface area contributed by atoms with Crippen LogP contribution in [0.5, 0.6) is 5.75 Å². The monoisotopic (exact) mass is 459 g/mol. The van der Waals surface area contributed by atoms with E-state index >= 15 is 0 Å². The van der Waals surface area contributed by atoms with Crippen LogP contribution in [0, 0.1) is 11.3 Å². The number of amides is 1. The SMILES string of the molecule is COc1c(Cl)cc(/C=C(/C#N)C(=O)N2CCN(c3ccccc3)CC2)cc1Br. The van der Waals surface area contributed by atoms with Gasteiger partial charge in [0.25, 0.3) is 5.91 Å². The molecule has 0 atom stereocenters. The van der Waals surface area contributed by atoms with E-state index in [0.717, 1.165) is 18.8 Å². The number of anilines is 1. The molecule has 1 heterocycles. The summed E-state index contributed by atoms with van der Waals surface area (Å²) >= 11 is 9.59. The molecular weight excluding hydrogens is 442 g/mol. The van der Waals surface area contributed by atoms with Crippen LogP contribution >= 0.6 is 27.5 Å². The van der Waals surface area contributed by atoms with Crippen LogP contribution < -0.4 is 9.64 Å². The smallest absolute Gasteiger partial charge is 0.264 e. The van der Waals surface area contributed by atoms with Crippen molar-refractivity contribution in [3.05, 3.63) is 63.1 Å². The van der Waals surface area contributed by atoms with Gasteiger partial charge in [0, 0.05) is 31.9 Å². The van der Waals surface area contributed by atoms with Gasteiger partial charge in [-0.1, -0.05) is 29.8 Å². The van der Waals surface area contributed by atoms with Crippen molar-refractivity contribution in [2.45, 2.75) is 0 Å². The third kappa shape index (κ3) is 4.49. The van der Waals surface area contributed by atoms with Crippen molar-refractivity contribution in [2.24, 2.45) is 0 Å². The topological polar surface area (TPSA) is 56.6 Å². The first-order chi connectivity index (χ1) is 13.5. The van der Waals surface area contributed by atoms with Crippen LogP contribution in [0.2, 0.25) is 5.02 Å². The highest BCUT2D eigenvalue weighted by atomic mass is 79.9. The maximum atomic E-state index is 12.8. The Morgan fingerprint density at radius 1 is 1.21 bits per heavy atom. The Labute approximate surface area is 177 Å². The first-order valence-electron chi connectivity index (χ1n) is 8.77. The molecule has 1 aliphatic rings.